The van der Waals surface area contributed by atoms with Crippen LogP contribution in [0, 0.1) is 0 Å². The molecule has 2 heterocycles. The predicted octanol–water partition coefficient (Wildman–Crippen LogP) is 1.71. The van der Waals surface area contributed by atoms with Gasteiger partial charge in [0.15, 0.2) is 0 Å². The molecule has 0 fully saturated rings. The standard InChI is InChI=1S/C13H18N6O/c1-3-14-11-17-12(19-13(18-11)20-4-2)16-9-10-7-5-6-8-15-10/h5-8H,3-4,9H2,1-2H3,(H2,14,16,17,18,19). The summed E-state index contributed by atoms with van der Waals surface area (Å²) in [6, 6.07) is 6.06. The zero-order valence-electron chi connectivity index (χ0n) is 11.6. The molecule has 0 bridgehead atoms. The molecule has 0 aliphatic rings. The van der Waals surface area contributed by atoms with Gasteiger partial charge in [-0.1, -0.05) is 6.07 Å². The first-order valence-corrected chi connectivity index (χ1v) is 6.58. The number of rotatable bonds is 7. The minimum absolute atomic E-state index is 0.307. The van der Waals surface area contributed by atoms with Crippen LogP contribution < -0.4 is 15.4 Å². The Morgan fingerprint density at radius 3 is 2.50 bits per heavy atom. The fourth-order valence-electron chi connectivity index (χ4n) is 1.54. The smallest absolute Gasteiger partial charge is 0.323 e. The zero-order chi connectivity index (χ0) is 14.2. The number of hydrogen-bond acceptors (Lipinski definition) is 7. The Labute approximate surface area is 117 Å². The average molecular weight is 274 g/mol. The number of aromatic nitrogens is 4. The lowest BCUT2D eigenvalue weighted by molar-refractivity contribution is 0.312. The maximum absolute atomic E-state index is 5.33. The maximum Gasteiger partial charge on any atom is 0.323 e. The second-order valence-corrected chi connectivity index (χ2v) is 3.90. The van der Waals surface area contributed by atoms with Gasteiger partial charge >= 0.3 is 6.01 Å². The molecule has 20 heavy (non-hydrogen) atoms. The molecule has 2 N–H and O–H groups in total. The Bertz CT molecular complexity index is 509. The topological polar surface area (TPSA) is 84.9 Å². The summed E-state index contributed by atoms with van der Waals surface area (Å²) in [5, 5.41) is 6.16. The van der Waals surface area contributed by atoms with Crippen LogP contribution in [0.1, 0.15) is 19.5 Å². The Balaban J connectivity index is 2.09. The van der Waals surface area contributed by atoms with E-state index in [1.165, 1.54) is 0 Å². The minimum atomic E-state index is 0.307. The summed E-state index contributed by atoms with van der Waals surface area (Å²) in [5.41, 5.74) is 0.913. The quantitative estimate of drug-likeness (QED) is 0.795. The van der Waals surface area contributed by atoms with Crippen LogP contribution in [0.3, 0.4) is 0 Å². The van der Waals surface area contributed by atoms with Crippen molar-refractivity contribution in [2.75, 3.05) is 23.8 Å². The Morgan fingerprint density at radius 1 is 1.05 bits per heavy atom. The highest BCUT2D eigenvalue weighted by Gasteiger charge is 2.06. The predicted molar refractivity (Wildman–Crippen MR) is 76.7 cm³/mol. The molecule has 7 nitrogen and oxygen atoms in total. The molecule has 0 saturated carbocycles. The normalized spacial score (nSPS) is 10.1. The molecule has 0 saturated heterocycles. The Hall–Kier alpha value is -2.44. The molecule has 0 unspecified atom stereocenters. The van der Waals surface area contributed by atoms with E-state index in [2.05, 4.69) is 30.6 Å². The highest BCUT2D eigenvalue weighted by molar-refractivity contribution is 5.36. The Morgan fingerprint density at radius 2 is 1.85 bits per heavy atom. The summed E-state index contributed by atoms with van der Waals surface area (Å²) in [4.78, 5) is 16.9. The molecular formula is C13H18N6O. The molecule has 2 rings (SSSR count). The van der Waals surface area contributed by atoms with Crippen LogP contribution in [0.2, 0.25) is 0 Å². The van der Waals surface area contributed by atoms with Crippen LogP contribution in [0.25, 0.3) is 0 Å². The third kappa shape index (κ3) is 4.04. The largest absolute Gasteiger partial charge is 0.464 e. The van der Waals surface area contributed by atoms with Crippen LogP contribution in [-0.4, -0.2) is 33.1 Å². The van der Waals surface area contributed by atoms with E-state index in [1.54, 1.807) is 6.20 Å². The second-order valence-electron chi connectivity index (χ2n) is 3.90. The van der Waals surface area contributed by atoms with Gasteiger partial charge in [-0.25, -0.2) is 0 Å². The molecule has 7 heteroatoms. The van der Waals surface area contributed by atoms with Gasteiger partial charge in [0.05, 0.1) is 18.8 Å². The van der Waals surface area contributed by atoms with E-state index in [4.69, 9.17) is 4.74 Å². The average Bonchev–Trinajstić information content (AvgIpc) is 2.47. The molecule has 0 atom stereocenters. The monoisotopic (exact) mass is 274 g/mol. The van der Waals surface area contributed by atoms with E-state index < -0.39 is 0 Å². The minimum Gasteiger partial charge on any atom is -0.464 e. The summed E-state index contributed by atoms with van der Waals surface area (Å²) in [5.74, 6) is 0.958. The van der Waals surface area contributed by atoms with Crippen molar-refractivity contribution in [1.29, 1.82) is 0 Å². The van der Waals surface area contributed by atoms with Crippen molar-refractivity contribution in [2.45, 2.75) is 20.4 Å². The summed E-state index contributed by atoms with van der Waals surface area (Å²) >= 11 is 0. The number of pyridine rings is 1. The number of nitrogens with one attached hydrogen (secondary N) is 2. The highest BCUT2D eigenvalue weighted by Crippen LogP contribution is 2.11. The number of nitrogens with zero attached hydrogens (tertiary/aromatic N) is 4. The van der Waals surface area contributed by atoms with E-state index >= 15 is 0 Å². The van der Waals surface area contributed by atoms with Crippen LogP contribution in [0.4, 0.5) is 11.9 Å². The molecule has 2 aromatic heterocycles. The number of ether oxygens (including phenoxy) is 1. The lowest BCUT2D eigenvalue weighted by Crippen LogP contribution is -2.11. The van der Waals surface area contributed by atoms with E-state index in [-0.39, 0.29) is 0 Å². The Kier molecular flexibility index (Phi) is 5.05. The fraction of sp³-hybridized carbons (Fsp3) is 0.385. The lowest BCUT2D eigenvalue weighted by Gasteiger charge is -2.09. The van der Waals surface area contributed by atoms with Gasteiger partial charge in [-0.05, 0) is 26.0 Å². The van der Waals surface area contributed by atoms with Gasteiger partial charge in [0.1, 0.15) is 0 Å². The van der Waals surface area contributed by atoms with Gasteiger partial charge in [-0.15, -0.1) is 0 Å². The molecule has 0 radical (unpaired) electrons. The van der Waals surface area contributed by atoms with E-state index in [0.717, 1.165) is 12.2 Å². The molecule has 0 aliphatic carbocycles. The summed E-state index contributed by atoms with van der Waals surface area (Å²) in [7, 11) is 0. The van der Waals surface area contributed by atoms with Crippen LogP contribution in [0.5, 0.6) is 6.01 Å². The first-order valence-electron chi connectivity index (χ1n) is 6.58. The second kappa shape index (κ2) is 7.22. The van der Waals surface area contributed by atoms with Crippen molar-refractivity contribution in [3.8, 4) is 6.01 Å². The van der Waals surface area contributed by atoms with Crippen LogP contribution in [0.15, 0.2) is 24.4 Å². The van der Waals surface area contributed by atoms with Gasteiger partial charge in [-0.2, -0.15) is 15.0 Å². The molecule has 2 aromatic rings. The third-order valence-electron chi connectivity index (χ3n) is 2.38. The number of anilines is 2. The van der Waals surface area contributed by atoms with Gasteiger partial charge in [0.2, 0.25) is 11.9 Å². The number of hydrogen-bond donors (Lipinski definition) is 2. The van der Waals surface area contributed by atoms with Crippen molar-refractivity contribution in [3.05, 3.63) is 30.1 Å². The van der Waals surface area contributed by atoms with Crippen molar-refractivity contribution < 1.29 is 4.74 Å². The van der Waals surface area contributed by atoms with Gasteiger partial charge in [-0.3, -0.25) is 4.98 Å². The first-order chi connectivity index (χ1) is 9.81. The van der Waals surface area contributed by atoms with Crippen LogP contribution >= 0.6 is 0 Å². The summed E-state index contributed by atoms with van der Waals surface area (Å²) in [6.45, 7) is 5.65. The summed E-state index contributed by atoms with van der Waals surface area (Å²) in [6.07, 6.45) is 1.75. The van der Waals surface area contributed by atoms with Gasteiger partial charge < -0.3 is 15.4 Å². The van der Waals surface area contributed by atoms with Gasteiger partial charge in [0.25, 0.3) is 0 Å². The molecule has 0 amide bonds. The highest BCUT2D eigenvalue weighted by atomic mass is 16.5. The first kappa shape index (κ1) is 14.0. The SMILES string of the molecule is CCNc1nc(NCc2ccccn2)nc(OCC)n1. The van der Waals surface area contributed by atoms with Crippen molar-refractivity contribution in [2.24, 2.45) is 0 Å². The molecule has 0 spiro atoms. The van der Waals surface area contributed by atoms with Gasteiger partial charge in [0, 0.05) is 12.7 Å². The molecule has 106 valence electrons. The molecule has 0 aliphatic heterocycles. The fourth-order valence-corrected chi connectivity index (χ4v) is 1.54. The molecule has 0 aromatic carbocycles. The third-order valence-corrected chi connectivity index (χ3v) is 2.38. The maximum atomic E-state index is 5.33. The lowest BCUT2D eigenvalue weighted by atomic mass is 10.3. The summed E-state index contributed by atoms with van der Waals surface area (Å²) < 4.78 is 5.33. The van der Waals surface area contributed by atoms with E-state index in [9.17, 15) is 0 Å². The van der Waals surface area contributed by atoms with E-state index in [0.29, 0.717) is 31.1 Å². The van der Waals surface area contributed by atoms with E-state index in [1.807, 2.05) is 32.0 Å². The van der Waals surface area contributed by atoms with Crippen molar-refractivity contribution in [3.63, 3.8) is 0 Å². The van der Waals surface area contributed by atoms with Crippen molar-refractivity contribution >= 4 is 11.9 Å². The zero-order valence-corrected chi connectivity index (χ0v) is 11.6. The van der Waals surface area contributed by atoms with Crippen LogP contribution in [-0.2, 0) is 6.54 Å². The molecular weight excluding hydrogens is 256 g/mol. The van der Waals surface area contributed by atoms with Crippen molar-refractivity contribution in [1.82, 2.24) is 19.9 Å².